The quantitative estimate of drug-likeness (QED) is 0.573. The highest BCUT2D eigenvalue weighted by atomic mass is 19.4. The fraction of sp³-hybridized carbons (Fsp3) is 0.105. The lowest BCUT2D eigenvalue weighted by atomic mass is 10.0. The number of hydrogen-bond acceptors (Lipinski definition) is 5. The van der Waals surface area contributed by atoms with Crippen LogP contribution >= 0.6 is 0 Å². The molecule has 0 bridgehead atoms. The van der Waals surface area contributed by atoms with Gasteiger partial charge in [0.2, 0.25) is 0 Å². The van der Waals surface area contributed by atoms with E-state index in [4.69, 9.17) is 9.52 Å². The molecule has 0 spiro atoms. The van der Waals surface area contributed by atoms with Gasteiger partial charge < -0.3 is 19.9 Å². The average Bonchev–Trinajstić information content (AvgIpc) is 2.65. The molecule has 7 nitrogen and oxygen atoms in total. The number of nitrogens with one attached hydrogen (secondary N) is 1. The van der Waals surface area contributed by atoms with E-state index in [-0.39, 0.29) is 22.1 Å². The van der Waals surface area contributed by atoms with Gasteiger partial charge in [-0.3, -0.25) is 9.59 Å². The highest BCUT2D eigenvalue weighted by Gasteiger charge is 2.30. The minimum Gasteiger partial charge on any atom is -0.506 e. The van der Waals surface area contributed by atoms with E-state index in [0.29, 0.717) is 0 Å². The van der Waals surface area contributed by atoms with Gasteiger partial charge in [-0.05, 0) is 23.8 Å². The van der Waals surface area contributed by atoms with Gasteiger partial charge in [0.25, 0.3) is 5.91 Å². The highest BCUT2D eigenvalue weighted by molar-refractivity contribution is 6.04. The monoisotopic (exact) mass is 407 g/mol. The fourth-order valence-corrected chi connectivity index (χ4v) is 2.72. The van der Waals surface area contributed by atoms with Gasteiger partial charge in [-0.2, -0.15) is 13.2 Å². The van der Waals surface area contributed by atoms with Crippen LogP contribution in [0.15, 0.2) is 51.7 Å². The molecule has 0 saturated carbocycles. The molecule has 0 radical (unpaired) electrons. The summed E-state index contributed by atoms with van der Waals surface area (Å²) in [6, 6.07) is 8.35. The van der Waals surface area contributed by atoms with Crippen LogP contribution < -0.4 is 10.9 Å². The summed E-state index contributed by atoms with van der Waals surface area (Å²) in [5.41, 5.74) is -2.48. The Morgan fingerprint density at radius 1 is 1.07 bits per heavy atom. The van der Waals surface area contributed by atoms with E-state index in [9.17, 15) is 32.7 Å². The molecule has 1 heterocycles. The van der Waals surface area contributed by atoms with Crippen LogP contribution in [-0.4, -0.2) is 28.6 Å². The molecule has 29 heavy (non-hydrogen) atoms. The molecule has 0 aliphatic heterocycles. The SMILES string of the molecule is O=C(O)CNC(=O)c1c(O)c2cccc(-c3ccc(C(F)(F)F)cc3)c2oc1=O. The molecule has 0 fully saturated rings. The summed E-state index contributed by atoms with van der Waals surface area (Å²) in [5, 5.41) is 20.9. The predicted octanol–water partition coefficient (Wildman–Crippen LogP) is 3.00. The first-order chi connectivity index (χ1) is 13.6. The van der Waals surface area contributed by atoms with E-state index >= 15 is 0 Å². The van der Waals surface area contributed by atoms with Gasteiger partial charge in [0.1, 0.15) is 17.9 Å². The van der Waals surface area contributed by atoms with E-state index in [1.165, 1.54) is 30.3 Å². The third-order valence-corrected chi connectivity index (χ3v) is 4.06. The van der Waals surface area contributed by atoms with Crippen LogP contribution in [0.5, 0.6) is 5.75 Å². The number of hydrogen-bond donors (Lipinski definition) is 3. The molecule has 3 aromatic rings. The van der Waals surface area contributed by atoms with Gasteiger partial charge >= 0.3 is 17.8 Å². The minimum absolute atomic E-state index is 0.0394. The fourth-order valence-electron chi connectivity index (χ4n) is 2.72. The average molecular weight is 407 g/mol. The zero-order valence-corrected chi connectivity index (χ0v) is 14.4. The van der Waals surface area contributed by atoms with Crippen molar-refractivity contribution in [1.82, 2.24) is 5.32 Å². The van der Waals surface area contributed by atoms with Crippen LogP contribution in [0.4, 0.5) is 13.2 Å². The highest BCUT2D eigenvalue weighted by Crippen LogP contribution is 2.35. The number of carboxylic acid groups (broad SMARTS) is 1. The van der Waals surface area contributed by atoms with Gasteiger partial charge in [0.05, 0.1) is 10.9 Å². The second-order valence-corrected chi connectivity index (χ2v) is 5.95. The third kappa shape index (κ3) is 3.91. The van der Waals surface area contributed by atoms with Gasteiger partial charge in [-0.25, -0.2) is 4.79 Å². The Morgan fingerprint density at radius 3 is 2.31 bits per heavy atom. The number of benzene rings is 2. The van der Waals surface area contributed by atoms with Gasteiger partial charge in [0.15, 0.2) is 5.56 Å². The number of fused-ring (bicyclic) bond motifs is 1. The van der Waals surface area contributed by atoms with Crippen LogP contribution in [0, 0.1) is 0 Å². The molecule has 2 aromatic carbocycles. The van der Waals surface area contributed by atoms with Crippen molar-refractivity contribution in [3.63, 3.8) is 0 Å². The topological polar surface area (TPSA) is 117 Å². The van der Waals surface area contributed by atoms with Crippen molar-refractivity contribution >= 4 is 22.8 Å². The molecular weight excluding hydrogens is 395 g/mol. The molecule has 3 rings (SSSR count). The summed E-state index contributed by atoms with van der Waals surface area (Å²) in [7, 11) is 0. The number of para-hydroxylation sites is 1. The summed E-state index contributed by atoms with van der Waals surface area (Å²) in [6.07, 6.45) is -4.51. The van der Waals surface area contributed by atoms with E-state index in [1.54, 1.807) is 0 Å². The molecule has 150 valence electrons. The first-order valence-electron chi connectivity index (χ1n) is 8.06. The summed E-state index contributed by atoms with van der Waals surface area (Å²) >= 11 is 0. The van der Waals surface area contributed by atoms with Gasteiger partial charge in [-0.1, -0.05) is 24.3 Å². The first-order valence-corrected chi connectivity index (χ1v) is 8.06. The number of carboxylic acids is 1. The second-order valence-electron chi connectivity index (χ2n) is 5.95. The number of carbonyl (C=O) groups is 2. The van der Waals surface area contributed by atoms with Crippen molar-refractivity contribution in [3.8, 4) is 16.9 Å². The normalized spacial score (nSPS) is 11.4. The number of aromatic hydroxyl groups is 1. The van der Waals surface area contributed by atoms with Crippen molar-refractivity contribution < 1.29 is 37.4 Å². The van der Waals surface area contributed by atoms with Gasteiger partial charge in [-0.15, -0.1) is 0 Å². The summed E-state index contributed by atoms with van der Waals surface area (Å²) in [4.78, 5) is 34.8. The van der Waals surface area contributed by atoms with Crippen LogP contribution in [0.2, 0.25) is 0 Å². The van der Waals surface area contributed by atoms with Crippen LogP contribution in [0.1, 0.15) is 15.9 Å². The largest absolute Gasteiger partial charge is 0.506 e. The Hall–Kier alpha value is -3.82. The summed E-state index contributed by atoms with van der Waals surface area (Å²) in [5.74, 6) is -3.22. The number of carbonyl (C=O) groups excluding carboxylic acids is 1. The summed E-state index contributed by atoms with van der Waals surface area (Å²) < 4.78 is 43.4. The summed E-state index contributed by atoms with van der Waals surface area (Å²) in [6.45, 7) is -0.776. The molecule has 1 amide bonds. The minimum atomic E-state index is -4.51. The Morgan fingerprint density at radius 2 is 1.72 bits per heavy atom. The predicted molar refractivity (Wildman–Crippen MR) is 94.6 cm³/mol. The first kappa shape index (κ1) is 19.9. The van der Waals surface area contributed by atoms with Crippen molar-refractivity contribution in [2.24, 2.45) is 0 Å². The second kappa shape index (κ2) is 7.30. The lowest BCUT2D eigenvalue weighted by Crippen LogP contribution is -2.32. The van der Waals surface area contributed by atoms with Crippen LogP contribution in [0.25, 0.3) is 22.1 Å². The zero-order valence-electron chi connectivity index (χ0n) is 14.4. The zero-order chi connectivity index (χ0) is 21.3. The van der Waals surface area contributed by atoms with Crippen molar-refractivity contribution in [2.45, 2.75) is 6.18 Å². The van der Waals surface area contributed by atoms with E-state index in [0.717, 1.165) is 12.1 Å². The Balaban J connectivity index is 2.12. The Bertz CT molecular complexity index is 1170. The standard InChI is InChI=1S/C19H12F3NO6/c20-19(21,22)10-6-4-9(5-7-10)11-2-1-3-12-15(26)14(18(28)29-16(11)12)17(27)23-8-13(24)25/h1-7,26H,8H2,(H,23,27)(H,24,25). The molecular formula is C19H12F3NO6. The van der Waals surface area contributed by atoms with Crippen LogP contribution in [0.3, 0.4) is 0 Å². The molecule has 0 aliphatic rings. The van der Waals surface area contributed by atoms with Crippen molar-refractivity contribution in [2.75, 3.05) is 6.54 Å². The third-order valence-electron chi connectivity index (χ3n) is 4.06. The Kier molecular flexibility index (Phi) is 5.02. The maximum absolute atomic E-state index is 12.7. The van der Waals surface area contributed by atoms with E-state index in [1.807, 2.05) is 5.32 Å². The lowest BCUT2D eigenvalue weighted by Gasteiger charge is -2.11. The number of rotatable bonds is 4. The maximum atomic E-state index is 12.7. The maximum Gasteiger partial charge on any atom is 0.416 e. The van der Waals surface area contributed by atoms with E-state index < -0.39 is 47.1 Å². The molecule has 10 heteroatoms. The molecule has 3 N–H and O–H groups in total. The number of alkyl halides is 3. The molecule has 0 aliphatic carbocycles. The van der Waals surface area contributed by atoms with Crippen LogP contribution in [-0.2, 0) is 11.0 Å². The Labute approximate surface area is 160 Å². The van der Waals surface area contributed by atoms with Crippen molar-refractivity contribution in [3.05, 3.63) is 64.0 Å². The van der Waals surface area contributed by atoms with Crippen molar-refractivity contribution in [1.29, 1.82) is 0 Å². The lowest BCUT2D eigenvalue weighted by molar-refractivity contribution is -0.137. The smallest absolute Gasteiger partial charge is 0.416 e. The molecule has 0 atom stereocenters. The van der Waals surface area contributed by atoms with E-state index in [2.05, 4.69) is 0 Å². The van der Waals surface area contributed by atoms with Gasteiger partial charge in [0, 0.05) is 5.56 Å². The molecule has 1 aromatic heterocycles. The number of amides is 1. The molecule has 0 saturated heterocycles. The number of halogens is 3. The number of aliphatic carboxylic acids is 1. The molecule has 0 unspecified atom stereocenters.